The number of hydrogen-bond acceptors (Lipinski definition) is 3. The predicted octanol–water partition coefficient (Wildman–Crippen LogP) is 1.33. The summed E-state index contributed by atoms with van der Waals surface area (Å²) in [6, 6.07) is 0. The lowest BCUT2D eigenvalue weighted by molar-refractivity contribution is -0.152. The van der Waals surface area contributed by atoms with Crippen molar-refractivity contribution in [2.75, 3.05) is 20.2 Å². The normalized spacial score (nSPS) is 26.1. The van der Waals surface area contributed by atoms with Crippen molar-refractivity contribution in [2.24, 2.45) is 5.41 Å². The first-order valence-electron chi connectivity index (χ1n) is 5.12. The van der Waals surface area contributed by atoms with Crippen molar-refractivity contribution in [1.82, 2.24) is 4.90 Å². The van der Waals surface area contributed by atoms with E-state index in [1.54, 1.807) is 0 Å². The maximum Gasteiger partial charge on any atom is 0.409 e. The molecule has 1 unspecified atom stereocenters. The number of methoxy groups -OCH3 is 1. The number of amides is 1. The number of likely N-dealkylation sites (tertiary alicyclic amines) is 1. The molecule has 1 amide bonds. The highest BCUT2D eigenvalue weighted by molar-refractivity contribution is 5.76. The van der Waals surface area contributed by atoms with E-state index in [4.69, 9.17) is 0 Å². The van der Waals surface area contributed by atoms with Crippen LogP contribution in [0.15, 0.2) is 0 Å². The lowest BCUT2D eigenvalue weighted by atomic mass is 9.78. The quantitative estimate of drug-likeness (QED) is 0.754. The van der Waals surface area contributed by atoms with Crippen molar-refractivity contribution in [3.8, 4) is 0 Å². The van der Waals surface area contributed by atoms with Gasteiger partial charge in [-0.3, -0.25) is 4.79 Å². The third-order valence-electron chi connectivity index (χ3n) is 3.14. The molecular formula is C10H17NO4. The van der Waals surface area contributed by atoms with E-state index < -0.39 is 17.5 Å². The molecule has 0 saturated carbocycles. The highest BCUT2D eigenvalue weighted by Gasteiger charge is 2.42. The number of rotatable bonds is 2. The molecule has 1 heterocycles. The molecule has 0 spiro atoms. The average molecular weight is 215 g/mol. The molecule has 15 heavy (non-hydrogen) atoms. The molecule has 0 aromatic heterocycles. The Morgan fingerprint density at radius 2 is 2.20 bits per heavy atom. The number of nitrogens with zero attached hydrogens (tertiary/aromatic N) is 1. The summed E-state index contributed by atoms with van der Waals surface area (Å²) < 4.78 is 4.60. The van der Waals surface area contributed by atoms with Gasteiger partial charge in [-0.2, -0.15) is 0 Å². The molecule has 0 aliphatic carbocycles. The lowest BCUT2D eigenvalue weighted by Gasteiger charge is -2.38. The fourth-order valence-corrected chi connectivity index (χ4v) is 2.03. The van der Waals surface area contributed by atoms with E-state index in [0.29, 0.717) is 19.4 Å². The zero-order chi connectivity index (χ0) is 11.5. The fourth-order valence-electron chi connectivity index (χ4n) is 2.03. The second-order valence-electron chi connectivity index (χ2n) is 3.93. The van der Waals surface area contributed by atoms with Crippen LogP contribution in [0.25, 0.3) is 0 Å². The minimum absolute atomic E-state index is 0.255. The second-order valence-corrected chi connectivity index (χ2v) is 3.93. The van der Waals surface area contributed by atoms with Gasteiger partial charge < -0.3 is 14.7 Å². The van der Waals surface area contributed by atoms with Crippen LogP contribution < -0.4 is 0 Å². The molecule has 1 N–H and O–H groups in total. The Morgan fingerprint density at radius 3 is 2.67 bits per heavy atom. The Bertz CT molecular complexity index is 266. The molecule has 0 radical (unpaired) electrons. The summed E-state index contributed by atoms with van der Waals surface area (Å²) in [5.41, 5.74) is -0.785. The molecule has 1 rings (SSSR count). The van der Waals surface area contributed by atoms with Crippen molar-refractivity contribution in [2.45, 2.75) is 26.2 Å². The number of piperidine rings is 1. The van der Waals surface area contributed by atoms with Crippen LogP contribution in [-0.4, -0.2) is 42.3 Å². The number of hydrogen-bond donors (Lipinski definition) is 1. The summed E-state index contributed by atoms with van der Waals surface area (Å²) in [4.78, 5) is 24.0. The van der Waals surface area contributed by atoms with Crippen LogP contribution in [-0.2, 0) is 9.53 Å². The van der Waals surface area contributed by atoms with Crippen molar-refractivity contribution >= 4 is 12.1 Å². The summed E-state index contributed by atoms with van der Waals surface area (Å²) in [6.07, 6.45) is 1.45. The molecule has 0 aromatic rings. The third-order valence-corrected chi connectivity index (χ3v) is 3.14. The van der Waals surface area contributed by atoms with Crippen LogP contribution in [0.2, 0.25) is 0 Å². The molecule has 1 fully saturated rings. The van der Waals surface area contributed by atoms with Crippen LogP contribution in [0.4, 0.5) is 4.79 Å². The second kappa shape index (κ2) is 4.51. The van der Waals surface area contributed by atoms with Crippen LogP contribution in [0.3, 0.4) is 0 Å². The maximum absolute atomic E-state index is 11.3. The van der Waals surface area contributed by atoms with Crippen molar-refractivity contribution < 1.29 is 19.4 Å². The summed E-state index contributed by atoms with van der Waals surface area (Å²) in [5, 5.41) is 9.18. The zero-order valence-corrected chi connectivity index (χ0v) is 9.15. The van der Waals surface area contributed by atoms with E-state index >= 15 is 0 Å². The first kappa shape index (κ1) is 11.8. The van der Waals surface area contributed by atoms with E-state index in [-0.39, 0.29) is 6.54 Å². The highest BCUT2D eigenvalue weighted by Crippen LogP contribution is 2.33. The number of carboxylic acids is 1. The standard InChI is InChI=1S/C10H17NO4/c1-3-10(8(12)13)5-4-6-11(7-10)9(14)15-2/h3-7H2,1-2H3,(H,12,13). The van der Waals surface area contributed by atoms with Crippen LogP contribution >= 0.6 is 0 Å². The smallest absolute Gasteiger partial charge is 0.409 e. The predicted molar refractivity (Wildman–Crippen MR) is 53.6 cm³/mol. The number of aliphatic carboxylic acids is 1. The Morgan fingerprint density at radius 1 is 1.53 bits per heavy atom. The largest absolute Gasteiger partial charge is 0.481 e. The minimum atomic E-state index is -0.821. The summed E-state index contributed by atoms with van der Waals surface area (Å²) >= 11 is 0. The van der Waals surface area contributed by atoms with Gasteiger partial charge in [-0.1, -0.05) is 6.92 Å². The molecule has 0 aromatic carbocycles. The Hall–Kier alpha value is -1.26. The van der Waals surface area contributed by atoms with Gasteiger partial charge in [0, 0.05) is 13.1 Å². The molecule has 0 bridgehead atoms. The van der Waals surface area contributed by atoms with E-state index in [1.807, 2.05) is 6.92 Å². The Kier molecular flexibility index (Phi) is 3.55. The van der Waals surface area contributed by atoms with Gasteiger partial charge in [0.1, 0.15) is 0 Å². The van der Waals surface area contributed by atoms with Gasteiger partial charge in [0.15, 0.2) is 0 Å². The molecule has 1 aliphatic heterocycles. The van der Waals surface area contributed by atoms with Gasteiger partial charge in [0.25, 0.3) is 0 Å². The van der Waals surface area contributed by atoms with Gasteiger partial charge in [-0.15, -0.1) is 0 Å². The third kappa shape index (κ3) is 2.22. The van der Waals surface area contributed by atoms with E-state index in [1.165, 1.54) is 12.0 Å². The monoisotopic (exact) mass is 215 g/mol. The van der Waals surface area contributed by atoms with Crippen LogP contribution in [0.5, 0.6) is 0 Å². The molecule has 1 saturated heterocycles. The summed E-state index contributed by atoms with van der Waals surface area (Å²) in [6.45, 7) is 2.68. The first-order chi connectivity index (χ1) is 7.05. The topological polar surface area (TPSA) is 66.8 Å². The van der Waals surface area contributed by atoms with Crippen molar-refractivity contribution in [3.05, 3.63) is 0 Å². The minimum Gasteiger partial charge on any atom is -0.481 e. The van der Waals surface area contributed by atoms with E-state index in [0.717, 1.165) is 6.42 Å². The zero-order valence-electron chi connectivity index (χ0n) is 9.15. The lowest BCUT2D eigenvalue weighted by Crippen LogP contribution is -2.49. The molecule has 86 valence electrons. The van der Waals surface area contributed by atoms with Crippen molar-refractivity contribution in [3.63, 3.8) is 0 Å². The number of carboxylic acid groups (broad SMARTS) is 1. The average Bonchev–Trinajstić information content (AvgIpc) is 2.27. The molecule has 1 aliphatic rings. The fraction of sp³-hybridized carbons (Fsp3) is 0.800. The van der Waals surface area contributed by atoms with E-state index in [9.17, 15) is 14.7 Å². The summed E-state index contributed by atoms with van der Waals surface area (Å²) in [5.74, 6) is -0.821. The summed E-state index contributed by atoms with van der Waals surface area (Å²) in [7, 11) is 1.31. The van der Waals surface area contributed by atoms with Crippen molar-refractivity contribution in [1.29, 1.82) is 0 Å². The molecule has 5 nitrogen and oxygen atoms in total. The highest BCUT2D eigenvalue weighted by atomic mass is 16.5. The van der Waals surface area contributed by atoms with Gasteiger partial charge >= 0.3 is 12.1 Å². The molecule has 1 atom stereocenters. The number of ether oxygens (including phenoxy) is 1. The van der Waals surface area contributed by atoms with Crippen LogP contribution in [0, 0.1) is 5.41 Å². The van der Waals surface area contributed by atoms with Gasteiger partial charge in [0.05, 0.1) is 12.5 Å². The molecular weight excluding hydrogens is 198 g/mol. The van der Waals surface area contributed by atoms with Crippen LogP contribution in [0.1, 0.15) is 26.2 Å². The SMILES string of the molecule is CCC1(C(=O)O)CCCN(C(=O)OC)C1. The number of carbonyl (C=O) groups excluding carboxylic acids is 1. The number of carbonyl (C=O) groups is 2. The first-order valence-corrected chi connectivity index (χ1v) is 5.12. The maximum atomic E-state index is 11.3. The van der Waals surface area contributed by atoms with E-state index in [2.05, 4.69) is 4.74 Å². The van der Waals surface area contributed by atoms with Gasteiger partial charge in [-0.05, 0) is 19.3 Å². The van der Waals surface area contributed by atoms with Gasteiger partial charge in [-0.25, -0.2) is 4.79 Å². The van der Waals surface area contributed by atoms with Gasteiger partial charge in [0.2, 0.25) is 0 Å². The molecule has 5 heteroatoms. The Labute approximate surface area is 89.0 Å². The Balaban J connectivity index is 2.77.